The van der Waals surface area contributed by atoms with Gasteiger partial charge in [-0.05, 0) is 37.0 Å². The first-order valence-corrected chi connectivity index (χ1v) is 7.44. The lowest BCUT2D eigenvalue weighted by Crippen LogP contribution is -2.49. The Hall–Kier alpha value is -0.570. The van der Waals surface area contributed by atoms with E-state index in [9.17, 15) is 4.79 Å². The van der Waals surface area contributed by atoms with Crippen LogP contribution in [0.1, 0.15) is 52.4 Å². The third kappa shape index (κ3) is 2.71. The van der Waals surface area contributed by atoms with Gasteiger partial charge in [-0.15, -0.1) is 0 Å². The first-order valence-electron chi connectivity index (χ1n) is 7.44. The number of carbonyl (C=O) groups is 1. The van der Waals surface area contributed by atoms with E-state index in [2.05, 4.69) is 13.8 Å². The molecule has 2 atom stereocenters. The van der Waals surface area contributed by atoms with Crippen molar-refractivity contribution in [1.29, 1.82) is 0 Å². The molecule has 1 amide bonds. The Labute approximate surface area is 111 Å². The highest BCUT2D eigenvalue weighted by Gasteiger charge is 2.42. The van der Waals surface area contributed by atoms with Gasteiger partial charge in [-0.2, -0.15) is 0 Å². The highest BCUT2D eigenvalue weighted by atomic mass is 16.2. The van der Waals surface area contributed by atoms with Gasteiger partial charge in [0, 0.05) is 25.6 Å². The molecule has 0 aliphatic heterocycles. The SMILES string of the molecule is CN(C(=O)C1CCCCC1(C)C)C(CN)C1CC1. The molecule has 2 fully saturated rings. The molecule has 0 aromatic heterocycles. The molecule has 2 aliphatic carbocycles. The van der Waals surface area contributed by atoms with Gasteiger partial charge in [-0.3, -0.25) is 4.79 Å². The van der Waals surface area contributed by atoms with Gasteiger partial charge in [0.1, 0.15) is 0 Å². The first kappa shape index (κ1) is 13.9. The largest absolute Gasteiger partial charge is 0.341 e. The molecule has 2 N–H and O–H groups in total. The first-order chi connectivity index (χ1) is 8.47. The van der Waals surface area contributed by atoms with Gasteiger partial charge in [-0.25, -0.2) is 0 Å². The van der Waals surface area contributed by atoms with E-state index in [0.717, 1.165) is 6.42 Å². The number of hydrogen-bond donors (Lipinski definition) is 1. The second-order valence-corrected chi connectivity index (χ2v) is 6.88. The number of rotatable bonds is 4. The summed E-state index contributed by atoms with van der Waals surface area (Å²) in [6.45, 7) is 5.11. The molecular weight excluding hydrogens is 224 g/mol. The second kappa shape index (κ2) is 5.20. The van der Waals surface area contributed by atoms with E-state index in [0.29, 0.717) is 18.4 Å². The van der Waals surface area contributed by atoms with E-state index < -0.39 is 0 Å². The minimum atomic E-state index is 0.159. The minimum Gasteiger partial charge on any atom is -0.341 e. The fourth-order valence-corrected chi connectivity index (χ4v) is 3.51. The van der Waals surface area contributed by atoms with Crippen LogP contribution in [0.5, 0.6) is 0 Å². The lowest BCUT2D eigenvalue weighted by atomic mass is 9.68. The van der Waals surface area contributed by atoms with Gasteiger partial charge in [0.05, 0.1) is 0 Å². The number of hydrogen-bond acceptors (Lipinski definition) is 2. The normalized spacial score (nSPS) is 28.8. The van der Waals surface area contributed by atoms with E-state index in [1.54, 1.807) is 0 Å². The summed E-state index contributed by atoms with van der Waals surface area (Å²) in [6, 6.07) is 0.273. The van der Waals surface area contributed by atoms with Gasteiger partial charge in [-0.1, -0.05) is 26.7 Å². The highest BCUT2D eigenvalue weighted by Crippen LogP contribution is 2.42. The summed E-state index contributed by atoms with van der Waals surface area (Å²) >= 11 is 0. The van der Waals surface area contributed by atoms with Gasteiger partial charge in [0.2, 0.25) is 5.91 Å². The van der Waals surface area contributed by atoms with Crippen LogP contribution in [0.2, 0.25) is 0 Å². The second-order valence-electron chi connectivity index (χ2n) is 6.88. The van der Waals surface area contributed by atoms with Crippen LogP contribution >= 0.6 is 0 Å². The van der Waals surface area contributed by atoms with Crippen LogP contribution in [0.25, 0.3) is 0 Å². The van der Waals surface area contributed by atoms with E-state index in [-0.39, 0.29) is 17.4 Å². The topological polar surface area (TPSA) is 46.3 Å². The molecule has 0 radical (unpaired) electrons. The Morgan fingerprint density at radius 2 is 2.00 bits per heavy atom. The van der Waals surface area contributed by atoms with Crippen molar-refractivity contribution in [3.05, 3.63) is 0 Å². The van der Waals surface area contributed by atoms with Crippen molar-refractivity contribution in [2.24, 2.45) is 23.0 Å². The van der Waals surface area contributed by atoms with Crippen molar-refractivity contribution in [1.82, 2.24) is 4.90 Å². The summed E-state index contributed by atoms with van der Waals surface area (Å²) in [5.41, 5.74) is 6.01. The van der Waals surface area contributed by atoms with Crippen LogP contribution in [0.4, 0.5) is 0 Å². The minimum absolute atomic E-state index is 0.159. The molecule has 104 valence electrons. The van der Waals surface area contributed by atoms with Crippen LogP contribution in [0.15, 0.2) is 0 Å². The summed E-state index contributed by atoms with van der Waals surface area (Å²) in [7, 11) is 1.96. The van der Waals surface area contributed by atoms with Crippen molar-refractivity contribution < 1.29 is 4.79 Å². The molecule has 2 saturated carbocycles. The average molecular weight is 252 g/mol. The predicted molar refractivity (Wildman–Crippen MR) is 74.1 cm³/mol. The number of likely N-dealkylation sites (N-methyl/N-ethyl adjacent to an activating group) is 1. The standard InChI is InChI=1S/C15H28N2O/c1-15(2)9-5-4-6-12(15)14(18)17(3)13(10-16)11-7-8-11/h11-13H,4-10,16H2,1-3H3. The molecule has 0 aromatic rings. The maximum Gasteiger partial charge on any atom is 0.226 e. The Balaban J connectivity index is 2.04. The predicted octanol–water partition coefficient (Wildman–Crippen LogP) is 2.40. The van der Waals surface area contributed by atoms with Crippen molar-refractivity contribution in [3.63, 3.8) is 0 Å². The molecule has 0 aromatic carbocycles. The van der Waals surface area contributed by atoms with Crippen molar-refractivity contribution in [2.75, 3.05) is 13.6 Å². The van der Waals surface area contributed by atoms with Gasteiger partial charge < -0.3 is 10.6 Å². The van der Waals surface area contributed by atoms with Gasteiger partial charge >= 0.3 is 0 Å². The maximum absolute atomic E-state index is 12.7. The number of amides is 1. The summed E-state index contributed by atoms with van der Waals surface area (Å²) < 4.78 is 0. The number of nitrogens with zero attached hydrogens (tertiary/aromatic N) is 1. The quantitative estimate of drug-likeness (QED) is 0.835. The molecular formula is C15H28N2O. The van der Waals surface area contributed by atoms with Crippen molar-refractivity contribution in [2.45, 2.75) is 58.4 Å². The van der Waals surface area contributed by atoms with Gasteiger partial charge in [0.25, 0.3) is 0 Å². The number of carbonyl (C=O) groups excluding carboxylic acids is 1. The van der Waals surface area contributed by atoms with Crippen molar-refractivity contribution in [3.8, 4) is 0 Å². The van der Waals surface area contributed by atoms with E-state index in [1.807, 2.05) is 11.9 Å². The summed E-state index contributed by atoms with van der Waals surface area (Å²) in [4.78, 5) is 14.7. The monoisotopic (exact) mass is 252 g/mol. The fraction of sp³-hybridized carbons (Fsp3) is 0.933. The van der Waals surface area contributed by atoms with Crippen LogP contribution in [-0.2, 0) is 4.79 Å². The van der Waals surface area contributed by atoms with Crippen LogP contribution in [0.3, 0.4) is 0 Å². The lowest BCUT2D eigenvalue weighted by Gasteiger charge is -2.41. The third-order valence-electron chi connectivity index (χ3n) is 5.06. The average Bonchev–Trinajstić information content (AvgIpc) is 3.13. The smallest absolute Gasteiger partial charge is 0.226 e. The molecule has 2 aliphatic rings. The van der Waals surface area contributed by atoms with Gasteiger partial charge in [0.15, 0.2) is 0 Å². The Kier molecular flexibility index (Phi) is 4.00. The molecule has 2 unspecified atom stereocenters. The van der Waals surface area contributed by atoms with Crippen LogP contribution < -0.4 is 5.73 Å². The molecule has 0 spiro atoms. The zero-order chi connectivity index (χ0) is 13.3. The summed E-state index contributed by atoms with van der Waals surface area (Å²) in [6.07, 6.45) is 7.18. The molecule has 2 rings (SSSR count). The molecule has 18 heavy (non-hydrogen) atoms. The molecule has 0 heterocycles. The molecule has 3 heteroatoms. The molecule has 3 nitrogen and oxygen atoms in total. The van der Waals surface area contributed by atoms with E-state index in [4.69, 9.17) is 5.73 Å². The number of nitrogens with two attached hydrogens (primary N) is 1. The summed E-state index contributed by atoms with van der Waals surface area (Å²) in [5, 5.41) is 0. The van der Waals surface area contributed by atoms with E-state index in [1.165, 1.54) is 32.1 Å². The Morgan fingerprint density at radius 3 is 2.50 bits per heavy atom. The maximum atomic E-state index is 12.7. The summed E-state index contributed by atoms with van der Waals surface area (Å²) in [5.74, 6) is 1.20. The molecule has 0 bridgehead atoms. The zero-order valence-electron chi connectivity index (χ0n) is 12.1. The lowest BCUT2D eigenvalue weighted by molar-refractivity contribution is -0.142. The van der Waals surface area contributed by atoms with Crippen molar-refractivity contribution >= 4 is 5.91 Å². The molecule has 0 saturated heterocycles. The van der Waals surface area contributed by atoms with Crippen LogP contribution in [-0.4, -0.2) is 30.4 Å². The van der Waals surface area contributed by atoms with E-state index >= 15 is 0 Å². The fourth-order valence-electron chi connectivity index (χ4n) is 3.51. The third-order valence-corrected chi connectivity index (χ3v) is 5.06. The van der Waals surface area contributed by atoms with Crippen LogP contribution in [0, 0.1) is 17.3 Å². The highest BCUT2D eigenvalue weighted by molar-refractivity contribution is 5.80. The zero-order valence-corrected chi connectivity index (χ0v) is 12.1. The Morgan fingerprint density at radius 1 is 1.33 bits per heavy atom. The Bertz CT molecular complexity index is 310.